The van der Waals surface area contributed by atoms with Crippen LogP contribution in [0.2, 0.25) is 5.02 Å². The first-order chi connectivity index (χ1) is 11.9. The van der Waals surface area contributed by atoms with E-state index in [4.69, 9.17) is 11.6 Å². The number of hydrogen-bond donors (Lipinski definition) is 1. The number of carbonyl (C=O) groups is 2. The lowest BCUT2D eigenvalue weighted by Crippen LogP contribution is -2.26. The van der Waals surface area contributed by atoms with Crippen molar-refractivity contribution in [1.82, 2.24) is 14.7 Å². The summed E-state index contributed by atoms with van der Waals surface area (Å²) >= 11 is 6.00. The molecule has 0 aliphatic carbocycles. The van der Waals surface area contributed by atoms with Crippen LogP contribution in [-0.4, -0.2) is 40.6 Å². The zero-order valence-corrected chi connectivity index (χ0v) is 14.6. The van der Waals surface area contributed by atoms with Gasteiger partial charge in [0.1, 0.15) is 6.54 Å². The lowest BCUT2D eigenvalue weighted by atomic mass is 10.0. The van der Waals surface area contributed by atoms with Gasteiger partial charge in [0.25, 0.3) is 5.91 Å². The molecule has 0 aliphatic rings. The van der Waals surface area contributed by atoms with Gasteiger partial charge in [-0.25, -0.2) is 0 Å². The molecule has 7 heteroatoms. The molecule has 3 aromatic rings. The normalized spacial score (nSPS) is 10.7. The van der Waals surface area contributed by atoms with Crippen LogP contribution < -0.4 is 5.32 Å². The standard InChI is InChI=1S/C18H17ClN4O2/c1-22(2)17(24)11-23-9-8-16(21-23)20-18(25)15-5-3-4-12-10-13(19)6-7-14(12)15/h3-10H,11H2,1-2H3,(H,20,21,25). The lowest BCUT2D eigenvalue weighted by molar-refractivity contribution is -0.129. The molecule has 0 saturated heterocycles. The highest BCUT2D eigenvalue weighted by Crippen LogP contribution is 2.23. The first-order valence-electron chi connectivity index (χ1n) is 7.67. The Morgan fingerprint density at radius 3 is 2.76 bits per heavy atom. The average molecular weight is 357 g/mol. The molecule has 6 nitrogen and oxygen atoms in total. The fraction of sp³-hybridized carbons (Fsp3) is 0.167. The minimum absolute atomic E-state index is 0.0769. The summed E-state index contributed by atoms with van der Waals surface area (Å²) in [5.41, 5.74) is 0.535. The van der Waals surface area contributed by atoms with Crippen molar-refractivity contribution < 1.29 is 9.59 Å². The molecule has 0 bridgehead atoms. The number of carbonyl (C=O) groups excluding carboxylic acids is 2. The first kappa shape index (κ1) is 17.0. The van der Waals surface area contributed by atoms with E-state index in [1.54, 1.807) is 38.5 Å². The van der Waals surface area contributed by atoms with Crippen LogP contribution in [0.15, 0.2) is 48.7 Å². The molecule has 2 aromatic carbocycles. The van der Waals surface area contributed by atoms with Gasteiger partial charge < -0.3 is 10.2 Å². The van der Waals surface area contributed by atoms with Crippen LogP contribution >= 0.6 is 11.6 Å². The smallest absolute Gasteiger partial charge is 0.257 e. The molecule has 25 heavy (non-hydrogen) atoms. The van der Waals surface area contributed by atoms with E-state index in [-0.39, 0.29) is 18.4 Å². The van der Waals surface area contributed by atoms with Crippen LogP contribution in [0.3, 0.4) is 0 Å². The number of halogens is 1. The van der Waals surface area contributed by atoms with Gasteiger partial charge in [-0.1, -0.05) is 29.8 Å². The third kappa shape index (κ3) is 3.80. The van der Waals surface area contributed by atoms with Crippen molar-refractivity contribution in [3.8, 4) is 0 Å². The molecule has 0 atom stereocenters. The molecule has 1 aromatic heterocycles. The van der Waals surface area contributed by atoms with E-state index >= 15 is 0 Å². The van der Waals surface area contributed by atoms with Gasteiger partial charge >= 0.3 is 0 Å². The summed E-state index contributed by atoms with van der Waals surface area (Å²) in [6.45, 7) is 0.121. The second-order valence-corrected chi connectivity index (χ2v) is 6.25. The molecule has 1 N–H and O–H groups in total. The topological polar surface area (TPSA) is 67.2 Å². The number of amides is 2. The number of benzene rings is 2. The molecule has 0 aliphatic heterocycles. The molecule has 0 saturated carbocycles. The van der Waals surface area contributed by atoms with E-state index < -0.39 is 0 Å². The van der Waals surface area contributed by atoms with Crippen molar-refractivity contribution in [3.05, 3.63) is 59.2 Å². The van der Waals surface area contributed by atoms with E-state index in [1.165, 1.54) is 9.58 Å². The van der Waals surface area contributed by atoms with Crippen molar-refractivity contribution >= 4 is 40.0 Å². The Morgan fingerprint density at radius 2 is 2.00 bits per heavy atom. The van der Waals surface area contributed by atoms with Crippen molar-refractivity contribution in [2.24, 2.45) is 0 Å². The fourth-order valence-corrected chi connectivity index (χ4v) is 2.61. The van der Waals surface area contributed by atoms with Crippen LogP contribution in [0.5, 0.6) is 0 Å². The predicted molar refractivity (Wildman–Crippen MR) is 97.8 cm³/mol. The number of nitrogens with one attached hydrogen (secondary N) is 1. The summed E-state index contributed by atoms with van der Waals surface area (Å²) in [4.78, 5) is 25.8. The van der Waals surface area contributed by atoms with Crippen LogP contribution in [0.25, 0.3) is 10.8 Å². The Kier molecular flexibility index (Phi) is 4.72. The Labute approximate surface area is 150 Å². The summed E-state index contributed by atoms with van der Waals surface area (Å²) in [6, 6.07) is 12.5. The molecular weight excluding hydrogens is 340 g/mol. The molecule has 2 amide bonds. The Balaban J connectivity index is 1.79. The molecule has 3 rings (SSSR count). The average Bonchev–Trinajstić information content (AvgIpc) is 3.00. The van der Waals surface area contributed by atoms with Crippen molar-refractivity contribution in [2.75, 3.05) is 19.4 Å². The Bertz CT molecular complexity index is 949. The summed E-state index contributed by atoms with van der Waals surface area (Å²) in [7, 11) is 3.36. The number of fused-ring (bicyclic) bond motifs is 1. The van der Waals surface area contributed by atoms with Crippen LogP contribution in [0.4, 0.5) is 5.82 Å². The third-order valence-electron chi connectivity index (χ3n) is 3.77. The van der Waals surface area contributed by atoms with E-state index in [9.17, 15) is 9.59 Å². The van der Waals surface area contributed by atoms with E-state index in [2.05, 4.69) is 10.4 Å². The zero-order valence-electron chi connectivity index (χ0n) is 13.9. The largest absolute Gasteiger partial charge is 0.347 e. The number of anilines is 1. The lowest BCUT2D eigenvalue weighted by Gasteiger charge is -2.09. The monoisotopic (exact) mass is 356 g/mol. The molecule has 0 fully saturated rings. The van der Waals surface area contributed by atoms with Gasteiger partial charge in [-0.3, -0.25) is 14.3 Å². The number of likely N-dealkylation sites (N-methyl/N-ethyl adjacent to an activating group) is 1. The molecular formula is C18H17ClN4O2. The quantitative estimate of drug-likeness (QED) is 0.781. The van der Waals surface area contributed by atoms with Crippen LogP contribution in [-0.2, 0) is 11.3 Å². The summed E-state index contributed by atoms with van der Waals surface area (Å²) in [6.07, 6.45) is 1.65. The maximum absolute atomic E-state index is 12.6. The molecule has 0 unspecified atom stereocenters. The van der Waals surface area contributed by atoms with Crippen molar-refractivity contribution in [2.45, 2.75) is 6.54 Å². The SMILES string of the molecule is CN(C)C(=O)Cn1ccc(NC(=O)c2cccc3cc(Cl)ccc23)n1. The third-order valence-corrected chi connectivity index (χ3v) is 4.00. The number of nitrogens with zero attached hydrogens (tertiary/aromatic N) is 3. The van der Waals surface area contributed by atoms with Gasteiger partial charge in [0.2, 0.25) is 5.91 Å². The minimum Gasteiger partial charge on any atom is -0.347 e. The number of aromatic nitrogens is 2. The molecule has 0 spiro atoms. The predicted octanol–water partition coefficient (Wildman–Crippen LogP) is 3.03. The number of hydrogen-bond acceptors (Lipinski definition) is 3. The summed E-state index contributed by atoms with van der Waals surface area (Å²) in [5, 5.41) is 9.29. The van der Waals surface area contributed by atoms with Gasteiger partial charge in [-0.05, 0) is 29.0 Å². The molecule has 128 valence electrons. The minimum atomic E-state index is -0.267. The molecule has 0 radical (unpaired) electrons. The summed E-state index contributed by atoms with van der Waals surface area (Å²) in [5.74, 6) is 0.0477. The fourth-order valence-electron chi connectivity index (χ4n) is 2.43. The van der Waals surface area contributed by atoms with Gasteiger partial charge in [0.15, 0.2) is 5.82 Å². The Morgan fingerprint density at radius 1 is 1.20 bits per heavy atom. The van der Waals surface area contributed by atoms with Crippen LogP contribution in [0.1, 0.15) is 10.4 Å². The highest BCUT2D eigenvalue weighted by atomic mass is 35.5. The van der Waals surface area contributed by atoms with Crippen molar-refractivity contribution in [3.63, 3.8) is 0 Å². The van der Waals surface area contributed by atoms with Crippen molar-refractivity contribution in [1.29, 1.82) is 0 Å². The van der Waals surface area contributed by atoms with E-state index in [1.807, 2.05) is 24.3 Å². The second-order valence-electron chi connectivity index (χ2n) is 5.81. The number of rotatable bonds is 4. The van der Waals surface area contributed by atoms with E-state index in [0.29, 0.717) is 16.4 Å². The summed E-state index contributed by atoms with van der Waals surface area (Å²) < 4.78 is 1.49. The van der Waals surface area contributed by atoms with Gasteiger partial charge in [-0.15, -0.1) is 0 Å². The van der Waals surface area contributed by atoms with Gasteiger partial charge in [0.05, 0.1) is 0 Å². The second kappa shape index (κ2) is 6.94. The molecule has 1 heterocycles. The maximum Gasteiger partial charge on any atom is 0.257 e. The van der Waals surface area contributed by atoms with E-state index in [0.717, 1.165) is 10.8 Å². The first-order valence-corrected chi connectivity index (χ1v) is 8.05. The highest BCUT2D eigenvalue weighted by molar-refractivity contribution is 6.31. The van der Waals surface area contributed by atoms with Gasteiger partial charge in [0, 0.05) is 36.9 Å². The maximum atomic E-state index is 12.6. The highest BCUT2D eigenvalue weighted by Gasteiger charge is 2.13. The Hall–Kier alpha value is -2.86. The van der Waals surface area contributed by atoms with Gasteiger partial charge in [-0.2, -0.15) is 5.10 Å². The zero-order chi connectivity index (χ0) is 18.0. The van der Waals surface area contributed by atoms with Crippen LogP contribution in [0, 0.1) is 0 Å².